The summed E-state index contributed by atoms with van der Waals surface area (Å²) in [4.78, 5) is 11.2. The quantitative estimate of drug-likeness (QED) is 0.896. The third-order valence-corrected chi connectivity index (χ3v) is 4.81. The van der Waals surface area contributed by atoms with Gasteiger partial charge in [-0.15, -0.1) is 0 Å². The fourth-order valence-corrected chi connectivity index (χ4v) is 3.26. The van der Waals surface area contributed by atoms with Crippen molar-refractivity contribution in [3.8, 4) is 0 Å². The minimum Gasteiger partial charge on any atom is -0.356 e. The van der Waals surface area contributed by atoms with Gasteiger partial charge in [-0.05, 0) is 54.0 Å². The van der Waals surface area contributed by atoms with E-state index >= 15 is 0 Å². The summed E-state index contributed by atoms with van der Waals surface area (Å²) in [6, 6.07) is 0.573. The lowest BCUT2D eigenvalue weighted by Gasteiger charge is -2.39. The van der Waals surface area contributed by atoms with Crippen LogP contribution in [0.2, 0.25) is 0 Å². The van der Waals surface area contributed by atoms with Crippen molar-refractivity contribution in [1.29, 1.82) is 0 Å². The Hall–Kier alpha value is -0.840. The van der Waals surface area contributed by atoms with Crippen molar-refractivity contribution in [2.45, 2.75) is 52.5 Å². The van der Waals surface area contributed by atoms with Gasteiger partial charge in [0.1, 0.15) is 5.82 Å². The molecule has 1 aliphatic carbocycles. The van der Waals surface area contributed by atoms with Gasteiger partial charge in [0.05, 0.1) is 4.47 Å². The van der Waals surface area contributed by atoms with Gasteiger partial charge < -0.3 is 10.2 Å². The van der Waals surface area contributed by atoms with Crippen LogP contribution in [0.15, 0.2) is 10.7 Å². The fourth-order valence-electron chi connectivity index (χ4n) is 2.79. The van der Waals surface area contributed by atoms with Gasteiger partial charge in [-0.25, -0.2) is 4.98 Å². The highest BCUT2D eigenvalue weighted by Gasteiger charge is 2.30. The molecule has 0 aromatic carbocycles. The number of nitrogens with one attached hydrogen (secondary N) is 1. The van der Waals surface area contributed by atoms with Crippen LogP contribution in [0.1, 0.15) is 46.5 Å². The van der Waals surface area contributed by atoms with Crippen molar-refractivity contribution in [2.75, 3.05) is 23.8 Å². The summed E-state index contributed by atoms with van der Waals surface area (Å²) in [5.74, 6) is 1.69. The van der Waals surface area contributed by atoms with E-state index in [4.69, 9.17) is 0 Å². The van der Waals surface area contributed by atoms with Gasteiger partial charge >= 0.3 is 0 Å². The zero-order valence-electron chi connectivity index (χ0n) is 12.9. The highest BCUT2D eigenvalue weighted by Crippen LogP contribution is 2.38. The Bertz CT molecular complexity index is 451. The lowest BCUT2D eigenvalue weighted by atomic mass is 9.75. The normalized spacial score (nSPS) is 18.9. The van der Waals surface area contributed by atoms with Gasteiger partial charge in [0.2, 0.25) is 5.95 Å². The monoisotopic (exact) mass is 340 g/mol. The summed E-state index contributed by atoms with van der Waals surface area (Å²) < 4.78 is 0.964. The average molecular weight is 341 g/mol. The first-order chi connectivity index (χ1) is 9.43. The molecule has 1 fully saturated rings. The van der Waals surface area contributed by atoms with E-state index in [0.717, 1.165) is 16.8 Å². The molecule has 0 bridgehead atoms. The lowest BCUT2D eigenvalue weighted by Crippen LogP contribution is -2.38. The van der Waals surface area contributed by atoms with Gasteiger partial charge in [-0.3, -0.25) is 0 Å². The Balaban J connectivity index is 2.12. The molecule has 20 heavy (non-hydrogen) atoms. The molecule has 1 heterocycles. The van der Waals surface area contributed by atoms with E-state index in [1.807, 2.05) is 6.20 Å². The number of anilines is 2. The number of aromatic nitrogens is 2. The minimum absolute atomic E-state index is 0.495. The van der Waals surface area contributed by atoms with Crippen LogP contribution in [0.25, 0.3) is 0 Å². The van der Waals surface area contributed by atoms with E-state index in [2.05, 4.69) is 63.9 Å². The van der Waals surface area contributed by atoms with Crippen LogP contribution in [0.4, 0.5) is 11.8 Å². The Morgan fingerprint density at radius 2 is 2.05 bits per heavy atom. The van der Waals surface area contributed by atoms with Crippen LogP contribution in [0.5, 0.6) is 0 Å². The molecule has 0 radical (unpaired) electrons. The van der Waals surface area contributed by atoms with Crippen LogP contribution >= 0.6 is 15.9 Å². The maximum absolute atomic E-state index is 4.63. The Morgan fingerprint density at radius 1 is 1.40 bits per heavy atom. The minimum atomic E-state index is 0.495. The number of hydrogen-bond donors (Lipinski definition) is 1. The van der Waals surface area contributed by atoms with Crippen LogP contribution in [-0.4, -0.2) is 29.6 Å². The predicted octanol–water partition coefficient (Wildman–Crippen LogP) is 4.08. The first-order valence-corrected chi connectivity index (χ1v) is 8.21. The maximum Gasteiger partial charge on any atom is 0.224 e. The number of hydrogen-bond acceptors (Lipinski definition) is 4. The van der Waals surface area contributed by atoms with Gasteiger partial charge in [-0.1, -0.05) is 13.8 Å². The molecule has 0 amide bonds. The highest BCUT2D eigenvalue weighted by molar-refractivity contribution is 9.10. The summed E-state index contributed by atoms with van der Waals surface area (Å²) in [6.07, 6.45) is 6.87. The van der Waals surface area contributed by atoms with Gasteiger partial charge in [-0.2, -0.15) is 4.98 Å². The molecule has 0 aliphatic heterocycles. The molecule has 0 spiro atoms. The summed E-state index contributed by atoms with van der Waals surface area (Å²) in [5.41, 5.74) is 0.495. The van der Waals surface area contributed by atoms with Crippen LogP contribution in [-0.2, 0) is 0 Å². The van der Waals surface area contributed by atoms with Crippen molar-refractivity contribution in [3.63, 3.8) is 0 Å². The molecule has 1 aromatic rings. The van der Waals surface area contributed by atoms with Crippen LogP contribution in [0.3, 0.4) is 0 Å². The molecule has 1 aliphatic rings. The second kappa shape index (κ2) is 6.29. The first-order valence-electron chi connectivity index (χ1n) is 7.42. The van der Waals surface area contributed by atoms with Crippen molar-refractivity contribution in [1.82, 2.24) is 9.97 Å². The van der Waals surface area contributed by atoms with Crippen LogP contribution in [0, 0.1) is 5.41 Å². The van der Waals surface area contributed by atoms with Crippen molar-refractivity contribution >= 4 is 27.7 Å². The average Bonchev–Trinajstić information content (AvgIpc) is 2.40. The van der Waals surface area contributed by atoms with E-state index in [9.17, 15) is 0 Å². The standard InChI is InChI=1S/C15H25BrN4/c1-5-17-14-18-10-12(16)13(19-14)20(4)11-6-8-15(2,3)9-7-11/h10-11H,5-9H2,1-4H3,(H,17,18,19). The molecule has 112 valence electrons. The van der Waals surface area contributed by atoms with E-state index in [1.165, 1.54) is 25.7 Å². The molecule has 1 saturated carbocycles. The molecule has 5 heteroatoms. The molecule has 4 nitrogen and oxygen atoms in total. The number of rotatable bonds is 4. The molecule has 0 unspecified atom stereocenters. The summed E-state index contributed by atoms with van der Waals surface area (Å²) in [5, 5.41) is 3.18. The third-order valence-electron chi connectivity index (χ3n) is 4.25. The Morgan fingerprint density at radius 3 is 2.65 bits per heavy atom. The predicted molar refractivity (Wildman–Crippen MR) is 88.3 cm³/mol. The SMILES string of the molecule is CCNc1ncc(Br)c(N(C)C2CCC(C)(C)CC2)n1. The fraction of sp³-hybridized carbons (Fsp3) is 0.733. The Kier molecular flexibility index (Phi) is 4.89. The maximum atomic E-state index is 4.63. The number of halogens is 1. The van der Waals surface area contributed by atoms with Gasteiger partial charge in [0.15, 0.2) is 0 Å². The molecular formula is C15H25BrN4. The second-order valence-electron chi connectivity index (χ2n) is 6.40. The summed E-state index contributed by atoms with van der Waals surface area (Å²) in [7, 11) is 2.14. The van der Waals surface area contributed by atoms with Crippen molar-refractivity contribution in [3.05, 3.63) is 10.7 Å². The van der Waals surface area contributed by atoms with Gasteiger partial charge in [0.25, 0.3) is 0 Å². The zero-order valence-corrected chi connectivity index (χ0v) is 14.5. The molecule has 0 atom stereocenters. The van der Waals surface area contributed by atoms with Crippen molar-refractivity contribution < 1.29 is 0 Å². The van der Waals surface area contributed by atoms with Crippen molar-refractivity contribution in [2.24, 2.45) is 5.41 Å². The smallest absolute Gasteiger partial charge is 0.224 e. The highest BCUT2D eigenvalue weighted by atomic mass is 79.9. The lowest BCUT2D eigenvalue weighted by molar-refractivity contribution is 0.222. The second-order valence-corrected chi connectivity index (χ2v) is 7.26. The van der Waals surface area contributed by atoms with E-state index in [1.54, 1.807) is 0 Å². The number of nitrogens with zero attached hydrogens (tertiary/aromatic N) is 3. The zero-order chi connectivity index (χ0) is 14.8. The van der Waals surface area contributed by atoms with E-state index in [0.29, 0.717) is 17.4 Å². The van der Waals surface area contributed by atoms with Gasteiger partial charge in [0, 0.05) is 25.8 Å². The Labute approximate surface area is 130 Å². The topological polar surface area (TPSA) is 41.1 Å². The molecule has 2 rings (SSSR count). The summed E-state index contributed by atoms with van der Waals surface area (Å²) >= 11 is 3.58. The van der Waals surface area contributed by atoms with Crippen LogP contribution < -0.4 is 10.2 Å². The molecule has 1 aromatic heterocycles. The first kappa shape index (κ1) is 15.5. The third kappa shape index (κ3) is 3.62. The van der Waals surface area contributed by atoms with E-state index in [-0.39, 0.29) is 0 Å². The molecular weight excluding hydrogens is 316 g/mol. The van der Waals surface area contributed by atoms with E-state index < -0.39 is 0 Å². The summed E-state index contributed by atoms with van der Waals surface area (Å²) in [6.45, 7) is 7.63. The molecule has 0 saturated heterocycles. The molecule has 1 N–H and O–H groups in total. The largest absolute Gasteiger partial charge is 0.356 e.